The van der Waals surface area contributed by atoms with Crippen LogP contribution in [0, 0.1) is 0 Å². The summed E-state index contributed by atoms with van der Waals surface area (Å²) in [6.07, 6.45) is -0.442. The molecule has 1 atom stereocenters. The average molecular weight is 148 g/mol. The minimum Gasteiger partial charge on any atom is -0.373 e. The summed E-state index contributed by atoms with van der Waals surface area (Å²) in [4.78, 5) is 0. The zero-order chi connectivity index (χ0) is 8.20. The van der Waals surface area contributed by atoms with Gasteiger partial charge in [0, 0.05) is 7.05 Å². The smallest absolute Gasteiger partial charge is 0.156 e. The minimum atomic E-state index is -0.442. The average Bonchev–Trinajstić information content (AvgIpc) is 1.87. The molecule has 0 radical (unpaired) electrons. The van der Waals surface area contributed by atoms with Gasteiger partial charge in [-0.2, -0.15) is 5.43 Å². The van der Waals surface area contributed by atoms with Crippen molar-refractivity contribution in [2.24, 2.45) is 0 Å². The van der Waals surface area contributed by atoms with E-state index in [1.807, 2.05) is 21.1 Å². The monoisotopic (exact) mass is 148 g/mol. The summed E-state index contributed by atoms with van der Waals surface area (Å²) < 4.78 is 0.599. The van der Waals surface area contributed by atoms with Crippen molar-refractivity contribution in [3.05, 3.63) is 0 Å². The highest BCUT2D eigenvalue weighted by Gasteiger charge is 2.16. The third kappa shape index (κ3) is 3.79. The van der Waals surface area contributed by atoms with Gasteiger partial charge in [-0.3, -0.25) is 5.32 Å². The second kappa shape index (κ2) is 3.88. The third-order valence-corrected chi connectivity index (χ3v) is 1.57. The van der Waals surface area contributed by atoms with E-state index in [9.17, 15) is 0 Å². The highest BCUT2D eigenvalue weighted by atomic mass is 16.3. The Labute approximate surface area is 62.4 Å². The molecule has 0 rings (SSSR count). The Bertz CT molecular complexity index is 95.0. The second-order valence-corrected chi connectivity index (χ2v) is 2.90. The lowest BCUT2D eigenvalue weighted by Crippen LogP contribution is -2.55. The van der Waals surface area contributed by atoms with E-state index in [-0.39, 0.29) is 0 Å². The van der Waals surface area contributed by atoms with Crippen LogP contribution in [0.2, 0.25) is 0 Å². The van der Waals surface area contributed by atoms with Gasteiger partial charge in [-0.15, -0.1) is 0 Å². The summed E-state index contributed by atoms with van der Waals surface area (Å²) in [5, 5.41) is 11.9. The first-order chi connectivity index (χ1) is 4.52. The number of likely N-dealkylation sites (N-methyl/N-ethyl adjacent to an activating group) is 2. The van der Waals surface area contributed by atoms with Crippen LogP contribution in [0.1, 0.15) is 0 Å². The molecule has 0 aromatic rings. The van der Waals surface area contributed by atoms with Crippen LogP contribution in [0.25, 0.3) is 0 Å². The Morgan fingerprint density at radius 3 is 2.20 bits per heavy atom. The van der Waals surface area contributed by atoms with E-state index in [1.165, 1.54) is 0 Å². The summed E-state index contributed by atoms with van der Waals surface area (Å²) in [6.45, 7) is 0.646. The largest absolute Gasteiger partial charge is 0.373 e. The molecule has 4 heteroatoms. The molecule has 10 heavy (non-hydrogen) atoms. The number of aliphatic hydroxyl groups is 1. The van der Waals surface area contributed by atoms with Gasteiger partial charge in [0.15, 0.2) is 6.23 Å². The summed E-state index contributed by atoms with van der Waals surface area (Å²) in [5.74, 6) is 0. The van der Waals surface area contributed by atoms with Gasteiger partial charge in [-0.25, -0.2) is 4.59 Å². The molecule has 62 valence electrons. The number of rotatable bonds is 4. The molecule has 0 fully saturated rings. The maximum Gasteiger partial charge on any atom is 0.156 e. The van der Waals surface area contributed by atoms with Gasteiger partial charge in [0.05, 0.1) is 14.1 Å². The molecule has 0 aliphatic carbocycles. The lowest BCUT2D eigenvalue weighted by Gasteiger charge is -2.29. The molecule has 0 saturated heterocycles. The minimum absolute atomic E-state index is 0.442. The second-order valence-electron chi connectivity index (χ2n) is 2.90. The predicted molar refractivity (Wildman–Crippen MR) is 41.1 cm³/mol. The molecule has 0 heterocycles. The van der Waals surface area contributed by atoms with Crippen molar-refractivity contribution in [3.63, 3.8) is 0 Å². The molecule has 0 aliphatic heterocycles. The number of quaternary nitrogens is 1. The van der Waals surface area contributed by atoms with Crippen LogP contribution in [0.3, 0.4) is 0 Å². The molecule has 0 saturated carbocycles. The van der Waals surface area contributed by atoms with E-state index >= 15 is 0 Å². The van der Waals surface area contributed by atoms with Gasteiger partial charge in [0.2, 0.25) is 0 Å². The third-order valence-electron chi connectivity index (χ3n) is 1.57. The van der Waals surface area contributed by atoms with Crippen LogP contribution >= 0.6 is 0 Å². The molecule has 4 nitrogen and oxygen atoms in total. The number of nitrogens with zero attached hydrogens (tertiary/aromatic N) is 1. The van der Waals surface area contributed by atoms with E-state index in [0.717, 1.165) is 0 Å². The van der Waals surface area contributed by atoms with Crippen molar-refractivity contribution in [2.75, 3.05) is 34.7 Å². The van der Waals surface area contributed by atoms with Crippen LogP contribution < -0.4 is 10.7 Å². The molecule has 0 aromatic heterocycles. The van der Waals surface area contributed by atoms with Crippen LogP contribution in [0.15, 0.2) is 0 Å². The van der Waals surface area contributed by atoms with Gasteiger partial charge in [0.25, 0.3) is 0 Å². The standard InChI is InChI=1S/C6H18N3O/c1-7-6(10)5-9(3,4)8-2/h6-8,10H,5H2,1-4H3/q+1. The van der Waals surface area contributed by atoms with E-state index in [2.05, 4.69) is 10.7 Å². The van der Waals surface area contributed by atoms with Crippen LogP contribution in [0.5, 0.6) is 0 Å². The van der Waals surface area contributed by atoms with E-state index < -0.39 is 6.23 Å². The van der Waals surface area contributed by atoms with E-state index in [1.54, 1.807) is 7.05 Å². The quantitative estimate of drug-likeness (QED) is 0.265. The number of hydrogen-bond donors (Lipinski definition) is 3. The van der Waals surface area contributed by atoms with Crippen LogP contribution in [-0.2, 0) is 0 Å². The van der Waals surface area contributed by atoms with Crippen molar-refractivity contribution in [1.82, 2.24) is 10.7 Å². The van der Waals surface area contributed by atoms with Crippen molar-refractivity contribution in [2.45, 2.75) is 6.23 Å². The molecule has 0 amide bonds. The Kier molecular flexibility index (Phi) is 3.81. The maximum absolute atomic E-state index is 9.16. The Morgan fingerprint density at radius 2 is 1.90 bits per heavy atom. The molecule has 0 bridgehead atoms. The first-order valence-electron chi connectivity index (χ1n) is 3.39. The zero-order valence-electron chi connectivity index (χ0n) is 7.18. The van der Waals surface area contributed by atoms with E-state index in [4.69, 9.17) is 5.11 Å². The molecular formula is C6H18N3O+. The fourth-order valence-corrected chi connectivity index (χ4v) is 0.615. The lowest BCUT2D eigenvalue weighted by atomic mass is 10.5. The first kappa shape index (κ1) is 9.84. The van der Waals surface area contributed by atoms with Crippen molar-refractivity contribution >= 4 is 0 Å². The predicted octanol–water partition coefficient (Wildman–Crippen LogP) is -1.26. The van der Waals surface area contributed by atoms with Gasteiger partial charge in [0.1, 0.15) is 6.54 Å². The van der Waals surface area contributed by atoms with Crippen LogP contribution in [0.4, 0.5) is 0 Å². The number of hydrogen-bond acceptors (Lipinski definition) is 3. The molecule has 0 aliphatic rings. The van der Waals surface area contributed by atoms with Crippen molar-refractivity contribution < 1.29 is 9.70 Å². The van der Waals surface area contributed by atoms with Gasteiger partial charge < -0.3 is 5.11 Å². The molecule has 3 N–H and O–H groups in total. The Morgan fingerprint density at radius 1 is 1.40 bits per heavy atom. The SMILES string of the molecule is CNC(O)C[N+](C)(C)NC. The highest BCUT2D eigenvalue weighted by molar-refractivity contribution is 4.42. The molecule has 0 aromatic carbocycles. The Balaban J connectivity index is 3.64. The summed E-state index contributed by atoms with van der Waals surface area (Å²) in [6, 6.07) is 0. The zero-order valence-corrected chi connectivity index (χ0v) is 7.18. The van der Waals surface area contributed by atoms with Gasteiger partial charge in [-0.1, -0.05) is 0 Å². The normalized spacial score (nSPS) is 15.3. The van der Waals surface area contributed by atoms with Crippen LogP contribution in [-0.4, -0.2) is 50.7 Å². The van der Waals surface area contributed by atoms with Crippen molar-refractivity contribution in [3.8, 4) is 0 Å². The Hall–Kier alpha value is -0.160. The van der Waals surface area contributed by atoms with Crippen molar-refractivity contribution in [1.29, 1.82) is 0 Å². The summed E-state index contributed by atoms with van der Waals surface area (Å²) >= 11 is 0. The number of nitrogens with one attached hydrogen (secondary N) is 2. The molecule has 0 spiro atoms. The fraction of sp³-hybridized carbons (Fsp3) is 1.00. The molecule has 1 unspecified atom stereocenters. The first-order valence-corrected chi connectivity index (χ1v) is 3.39. The summed E-state index contributed by atoms with van der Waals surface area (Å²) in [7, 11) is 7.57. The topological polar surface area (TPSA) is 44.3 Å². The van der Waals surface area contributed by atoms with E-state index in [0.29, 0.717) is 11.1 Å². The lowest BCUT2D eigenvalue weighted by molar-refractivity contribution is -0.934. The highest BCUT2D eigenvalue weighted by Crippen LogP contribution is 1.90. The van der Waals surface area contributed by atoms with Gasteiger partial charge in [-0.05, 0) is 7.05 Å². The fourth-order valence-electron chi connectivity index (χ4n) is 0.615. The summed E-state index contributed by atoms with van der Waals surface area (Å²) in [5.41, 5.74) is 3.04. The van der Waals surface area contributed by atoms with Gasteiger partial charge >= 0.3 is 0 Å². The molecular weight excluding hydrogens is 130 g/mol. The maximum atomic E-state index is 9.16. The number of aliphatic hydroxyl groups excluding tert-OH is 1.